The molecule has 1 aromatic rings. The van der Waals surface area contributed by atoms with Gasteiger partial charge >= 0.3 is 5.97 Å². The van der Waals surface area contributed by atoms with E-state index in [4.69, 9.17) is 4.74 Å². The number of rotatable bonds is 5. The smallest absolute Gasteiger partial charge is 0.349 e. The SMILES string of the molecule is CCC(CC)C(=O)Nc1sc(C(=O)OC(C)(C)C)c(C)c1C#N. The molecule has 1 heterocycles. The van der Waals surface area contributed by atoms with E-state index in [0.717, 1.165) is 24.2 Å². The van der Waals surface area contributed by atoms with Crippen molar-refractivity contribution >= 4 is 28.2 Å². The Hall–Kier alpha value is -1.87. The van der Waals surface area contributed by atoms with Crippen molar-refractivity contribution in [2.45, 2.75) is 60.0 Å². The van der Waals surface area contributed by atoms with Crippen molar-refractivity contribution in [1.82, 2.24) is 0 Å². The molecule has 6 heteroatoms. The normalized spacial score (nSPS) is 11.2. The van der Waals surface area contributed by atoms with E-state index in [0.29, 0.717) is 21.0 Å². The average molecular weight is 336 g/mol. The molecule has 0 fully saturated rings. The number of carbonyl (C=O) groups excluding carboxylic acids is 2. The summed E-state index contributed by atoms with van der Waals surface area (Å²) < 4.78 is 5.36. The molecule has 0 saturated heterocycles. The Bertz CT molecular complexity index is 631. The van der Waals surface area contributed by atoms with Crippen LogP contribution in [0, 0.1) is 24.2 Å². The van der Waals surface area contributed by atoms with Crippen LogP contribution in [0.4, 0.5) is 5.00 Å². The lowest BCUT2D eigenvalue weighted by Gasteiger charge is -2.19. The van der Waals surface area contributed by atoms with Crippen LogP contribution < -0.4 is 5.32 Å². The first-order valence-corrected chi connectivity index (χ1v) is 8.53. The maximum atomic E-state index is 12.3. The molecule has 0 unspecified atom stereocenters. The molecule has 0 bridgehead atoms. The molecule has 0 atom stereocenters. The number of hydrogen-bond donors (Lipinski definition) is 1. The fourth-order valence-corrected chi connectivity index (χ4v) is 3.17. The van der Waals surface area contributed by atoms with Gasteiger partial charge in [-0.15, -0.1) is 11.3 Å². The molecule has 0 radical (unpaired) electrons. The highest BCUT2D eigenvalue weighted by molar-refractivity contribution is 7.18. The van der Waals surface area contributed by atoms with Crippen LogP contribution in [0.3, 0.4) is 0 Å². The monoisotopic (exact) mass is 336 g/mol. The van der Waals surface area contributed by atoms with Gasteiger partial charge in [-0.1, -0.05) is 13.8 Å². The molecule has 0 spiro atoms. The molecule has 0 aliphatic rings. The third kappa shape index (κ3) is 4.80. The van der Waals surface area contributed by atoms with Crippen molar-refractivity contribution in [3.05, 3.63) is 16.0 Å². The Labute approximate surface area is 141 Å². The summed E-state index contributed by atoms with van der Waals surface area (Å²) in [6.45, 7) is 11.0. The summed E-state index contributed by atoms with van der Waals surface area (Å²) in [6.07, 6.45) is 1.46. The molecule has 1 N–H and O–H groups in total. The van der Waals surface area contributed by atoms with Gasteiger partial charge in [0.15, 0.2) is 0 Å². The standard InChI is InChI=1S/C17H24N2O3S/c1-7-11(8-2)14(20)19-15-12(9-18)10(3)13(23-15)16(21)22-17(4,5)6/h11H,7-8H2,1-6H3,(H,19,20). The van der Waals surface area contributed by atoms with Gasteiger partial charge < -0.3 is 10.1 Å². The minimum absolute atomic E-state index is 0.103. The lowest BCUT2D eigenvalue weighted by Crippen LogP contribution is -2.23. The van der Waals surface area contributed by atoms with Crippen LogP contribution in [0.5, 0.6) is 0 Å². The highest BCUT2D eigenvalue weighted by Crippen LogP contribution is 2.34. The van der Waals surface area contributed by atoms with E-state index in [1.807, 2.05) is 13.8 Å². The number of amides is 1. The minimum atomic E-state index is -0.612. The topological polar surface area (TPSA) is 79.2 Å². The van der Waals surface area contributed by atoms with Crippen molar-refractivity contribution in [1.29, 1.82) is 5.26 Å². The van der Waals surface area contributed by atoms with Crippen molar-refractivity contribution in [3.8, 4) is 6.07 Å². The maximum Gasteiger partial charge on any atom is 0.349 e. The van der Waals surface area contributed by atoms with Crippen LogP contribution in [0.1, 0.15) is 68.3 Å². The summed E-state index contributed by atoms with van der Waals surface area (Å²) in [4.78, 5) is 24.9. The molecule has 0 aliphatic heterocycles. The quantitative estimate of drug-likeness (QED) is 0.815. The summed E-state index contributed by atoms with van der Waals surface area (Å²) in [7, 11) is 0. The summed E-state index contributed by atoms with van der Waals surface area (Å²) in [5.41, 5.74) is 0.265. The number of esters is 1. The molecule has 1 amide bonds. The van der Waals surface area contributed by atoms with Gasteiger partial charge in [-0.3, -0.25) is 4.79 Å². The van der Waals surface area contributed by atoms with Crippen molar-refractivity contribution in [3.63, 3.8) is 0 Å². The second-order valence-electron chi connectivity index (χ2n) is 6.38. The van der Waals surface area contributed by atoms with Crippen molar-refractivity contribution in [2.75, 3.05) is 5.32 Å². The fraction of sp³-hybridized carbons (Fsp3) is 0.588. The van der Waals surface area contributed by atoms with Crippen LogP contribution in [0.15, 0.2) is 0 Å². The largest absolute Gasteiger partial charge is 0.456 e. The Balaban J connectivity index is 3.12. The Kier molecular flexibility index (Phi) is 6.34. The lowest BCUT2D eigenvalue weighted by atomic mass is 10.0. The van der Waals surface area contributed by atoms with Crippen LogP contribution in [0.25, 0.3) is 0 Å². The van der Waals surface area contributed by atoms with Crippen LogP contribution in [-0.4, -0.2) is 17.5 Å². The first-order chi connectivity index (χ1) is 10.6. The number of nitrogens with one attached hydrogen (secondary N) is 1. The maximum absolute atomic E-state index is 12.3. The molecule has 126 valence electrons. The predicted octanol–water partition coefficient (Wildman–Crippen LogP) is 4.26. The van der Waals surface area contributed by atoms with E-state index in [-0.39, 0.29) is 11.8 Å². The Morgan fingerprint density at radius 1 is 1.30 bits per heavy atom. The second-order valence-corrected chi connectivity index (χ2v) is 7.40. The highest BCUT2D eigenvalue weighted by Gasteiger charge is 2.26. The van der Waals surface area contributed by atoms with Crippen LogP contribution in [0.2, 0.25) is 0 Å². The van der Waals surface area contributed by atoms with Crippen molar-refractivity contribution in [2.24, 2.45) is 5.92 Å². The van der Waals surface area contributed by atoms with Gasteiger partial charge in [0.25, 0.3) is 0 Å². The number of nitriles is 1. The van der Waals surface area contributed by atoms with E-state index in [1.165, 1.54) is 0 Å². The summed E-state index contributed by atoms with van der Waals surface area (Å²) in [5.74, 6) is -0.697. The van der Waals surface area contributed by atoms with E-state index < -0.39 is 11.6 Å². The Morgan fingerprint density at radius 3 is 2.30 bits per heavy atom. The van der Waals surface area contributed by atoms with Crippen molar-refractivity contribution < 1.29 is 14.3 Å². The summed E-state index contributed by atoms with van der Waals surface area (Å²) in [5, 5.41) is 12.6. The zero-order chi connectivity index (χ0) is 17.8. The van der Waals surface area contributed by atoms with Gasteiger partial charge in [0.2, 0.25) is 5.91 Å². The Morgan fingerprint density at radius 2 is 1.87 bits per heavy atom. The zero-order valence-electron chi connectivity index (χ0n) is 14.6. The van der Waals surface area contributed by atoms with Gasteiger partial charge in [0, 0.05) is 5.92 Å². The number of thiophene rings is 1. The second kappa shape index (κ2) is 7.60. The third-order valence-corrected chi connectivity index (χ3v) is 4.62. The molecule has 0 aliphatic carbocycles. The minimum Gasteiger partial charge on any atom is -0.456 e. The molecule has 23 heavy (non-hydrogen) atoms. The molecule has 1 rings (SSSR count). The van der Waals surface area contributed by atoms with Gasteiger partial charge in [0.1, 0.15) is 21.5 Å². The number of ether oxygens (including phenoxy) is 1. The van der Waals surface area contributed by atoms with Crippen LogP contribution in [-0.2, 0) is 9.53 Å². The predicted molar refractivity (Wildman–Crippen MR) is 91.6 cm³/mol. The van der Waals surface area contributed by atoms with E-state index in [9.17, 15) is 14.9 Å². The third-order valence-electron chi connectivity index (χ3n) is 3.44. The molecular weight excluding hydrogens is 312 g/mol. The highest BCUT2D eigenvalue weighted by atomic mass is 32.1. The number of anilines is 1. The summed E-state index contributed by atoms with van der Waals surface area (Å²) in [6, 6.07) is 2.07. The van der Waals surface area contributed by atoms with Gasteiger partial charge in [-0.25, -0.2) is 4.79 Å². The molecule has 1 aromatic heterocycles. The number of hydrogen-bond acceptors (Lipinski definition) is 5. The van der Waals surface area contributed by atoms with E-state index in [1.54, 1.807) is 27.7 Å². The first-order valence-electron chi connectivity index (χ1n) is 7.72. The van der Waals surface area contributed by atoms with E-state index in [2.05, 4.69) is 11.4 Å². The van der Waals surface area contributed by atoms with Crippen LogP contribution >= 0.6 is 11.3 Å². The molecule has 0 aromatic carbocycles. The fourth-order valence-electron chi connectivity index (χ4n) is 2.13. The molecule has 0 saturated carbocycles. The molecular formula is C17H24N2O3S. The van der Waals surface area contributed by atoms with Gasteiger partial charge in [-0.05, 0) is 46.1 Å². The lowest BCUT2D eigenvalue weighted by molar-refractivity contribution is -0.120. The number of nitrogens with zero attached hydrogens (tertiary/aromatic N) is 1. The van der Waals surface area contributed by atoms with Gasteiger partial charge in [0.05, 0.1) is 5.56 Å². The summed E-state index contributed by atoms with van der Waals surface area (Å²) >= 11 is 1.10. The number of carbonyl (C=O) groups is 2. The average Bonchev–Trinajstić information content (AvgIpc) is 2.74. The molecule has 5 nitrogen and oxygen atoms in total. The zero-order valence-corrected chi connectivity index (χ0v) is 15.4. The van der Waals surface area contributed by atoms with E-state index >= 15 is 0 Å². The first kappa shape index (κ1) is 19.2. The van der Waals surface area contributed by atoms with Gasteiger partial charge in [-0.2, -0.15) is 5.26 Å².